The lowest BCUT2D eigenvalue weighted by Crippen LogP contribution is -2.49. The predicted octanol–water partition coefficient (Wildman–Crippen LogP) is 1.09. The average Bonchev–Trinajstić information content (AvgIpc) is 3.55. The summed E-state index contributed by atoms with van der Waals surface area (Å²) in [7, 11) is 3.26. The van der Waals surface area contributed by atoms with Crippen LogP contribution >= 0.6 is 12.4 Å². The van der Waals surface area contributed by atoms with Crippen molar-refractivity contribution in [1.29, 1.82) is 0 Å². The number of nitrogens with one attached hydrogen (secondary N) is 2. The Kier molecular flexibility index (Phi) is 8.56. The Morgan fingerprint density at radius 1 is 0.968 bits per heavy atom. The average molecular weight is 447 g/mol. The van der Waals surface area contributed by atoms with E-state index in [9.17, 15) is 14.4 Å². The van der Waals surface area contributed by atoms with E-state index in [0.717, 1.165) is 11.1 Å². The molecule has 2 aromatic rings. The van der Waals surface area contributed by atoms with Gasteiger partial charge in [0, 0.05) is 32.7 Å². The molecule has 1 fully saturated rings. The molecule has 0 unspecified atom stereocenters. The highest BCUT2D eigenvalue weighted by atomic mass is 35.5. The Morgan fingerprint density at radius 2 is 1.58 bits per heavy atom. The summed E-state index contributed by atoms with van der Waals surface area (Å²) in [4.78, 5) is 38.9. The number of carbonyl (C=O) groups is 3. The first kappa shape index (κ1) is 24.3. The standard InChI is InChI=1S/C22H26N4O4.ClH/c1-26(2)22(29)17(12-14-6-4-3-5-7-14)25-21(28)19-18(30-19)20(27)24-16-10-8-15(13-23)9-11-16;/h3-11,17-19H,12-13,23H2,1-2H3,(H,24,27)(H,25,28);1H/t17-,18-,19-;/m0./s1. The van der Waals surface area contributed by atoms with Crippen LogP contribution in [-0.4, -0.2) is 55.0 Å². The van der Waals surface area contributed by atoms with Crippen LogP contribution in [0.5, 0.6) is 0 Å². The molecule has 9 heteroatoms. The molecule has 0 aliphatic carbocycles. The van der Waals surface area contributed by atoms with E-state index in [4.69, 9.17) is 10.5 Å². The van der Waals surface area contributed by atoms with E-state index < -0.39 is 30.1 Å². The van der Waals surface area contributed by atoms with E-state index in [1.54, 1.807) is 26.2 Å². The molecule has 3 amide bonds. The van der Waals surface area contributed by atoms with Gasteiger partial charge in [0.05, 0.1) is 0 Å². The van der Waals surface area contributed by atoms with Crippen LogP contribution in [0.1, 0.15) is 11.1 Å². The van der Waals surface area contributed by atoms with Crippen molar-refractivity contribution in [3.8, 4) is 0 Å². The number of benzene rings is 2. The number of nitrogens with zero attached hydrogens (tertiary/aromatic N) is 1. The molecular formula is C22H27ClN4O4. The topological polar surface area (TPSA) is 117 Å². The van der Waals surface area contributed by atoms with E-state index >= 15 is 0 Å². The highest BCUT2D eigenvalue weighted by Crippen LogP contribution is 2.24. The summed E-state index contributed by atoms with van der Waals surface area (Å²) in [5, 5.41) is 5.44. The number of halogens is 1. The highest BCUT2D eigenvalue weighted by Gasteiger charge is 2.51. The van der Waals surface area contributed by atoms with E-state index in [2.05, 4.69) is 10.6 Å². The van der Waals surface area contributed by atoms with Crippen molar-refractivity contribution in [3.05, 3.63) is 65.7 Å². The van der Waals surface area contributed by atoms with Gasteiger partial charge in [-0.1, -0.05) is 42.5 Å². The van der Waals surface area contributed by atoms with Gasteiger partial charge in [-0.2, -0.15) is 0 Å². The first-order valence-corrected chi connectivity index (χ1v) is 9.70. The number of amides is 3. The predicted molar refractivity (Wildman–Crippen MR) is 120 cm³/mol. The molecule has 0 radical (unpaired) electrons. The van der Waals surface area contributed by atoms with E-state index in [1.807, 2.05) is 42.5 Å². The van der Waals surface area contributed by atoms with Gasteiger partial charge in [-0.15, -0.1) is 12.4 Å². The lowest BCUT2D eigenvalue weighted by atomic mass is 10.0. The van der Waals surface area contributed by atoms with Crippen LogP contribution in [0.3, 0.4) is 0 Å². The lowest BCUT2D eigenvalue weighted by Gasteiger charge is -2.21. The number of epoxide rings is 1. The fourth-order valence-electron chi connectivity index (χ4n) is 3.06. The Labute approximate surface area is 187 Å². The first-order chi connectivity index (χ1) is 14.4. The first-order valence-electron chi connectivity index (χ1n) is 9.70. The van der Waals surface area contributed by atoms with E-state index in [0.29, 0.717) is 18.7 Å². The van der Waals surface area contributed by atoms with Gasteiger partial charge in [-0.3, -0.25) is 14.4 Å². The minimum Gasteiger partial charge on any atom is -0.349 e. The quantitative estimate of drug-likeness (QED) is 0.525. The Hall–Kier alpha value is -2.94. The van der Waals surface area contributed by atoms with E-state index in [1.165, 1.54) is 4.90 Å². The third-order valence-corrected chi connectivity index (χ3v) is 4.80. The Balaban J connectivity index is 0.00000341. The molecule has 166 valence electrons. The molecule has 3 rings (SSSR count). The Bertz CT molecular complexity index is 905. The molecule has 4 N–H and O–H groups in total. The maximum absolute atomic E-state index is 12.6. The van der Waals surface area contributed by atoms with Gasteiger partial charge in [0.1, 0.15) is 6.04 Å². The second-order valence-electron chi connectivity index (χ2n) is 7.35. The van der Waals surface area contributed by atoms with Crippen molar-refractivity contribution in [2.45, 2.75) is 31.2 Å². The molecule has 2 aromatic carbocycles. The van der Waals surface area contributed by atoms with Crippen LogP contribution < -0.4 is 16.4 Å². The number of ether oxygens (including phenoxy) is 1. The van der Waals surface area contributed by atoms with Crippen molar-refractivity contribution in [2.75, 3.05) is 19.4 Å². The second-order valence-corrected chi connectivity index (χ2v) is 7.35. The summed E-state index contributed by atoms with van der Waals surface area (Å²) < 4.78 is 5.28. The summed E-state index contributed by atoms with van der Waals surface area (Å²) >= 11 is 0. The Morgan fingerprint density at radius 3 is 2.16 bits per heavy atom. The smallest absolute Gasteiger partial charge is 0.256 e. The summed E-state index contributed by atoms with van der Waals surface area (Å²) in [6.07, 6.45) is -1.45. The van der Waals surface area contributed by atoms with Gasteiger partial charge in [0.15, 0.2) is 12.2 Å². The van der Waals surface area contributed by atoms with Crippen molar-refractivity contribution in [2.24, 2.45) is 5.73 Å². The summed E-state index contributed by atoms with van der Waals surface area (Å²) in [5.41, 5.74) is 8.02. The van der Waals surface area contributed by atoms with Gasteiger partial charge < -0.3 is 26.0 Å². The lowest BCUT2D eigenvalue weighted by molar-refractivity contribution is -0.134. The third-order valence-electron chi connectivity index (χ3n) is 4.80. The van der Waals surface area contributed by atoms with Crippen LogP contribution in [0.2, 0.25) is 0 Å². The molecule has 0 bridgehead atoms. The fourth-order valence-corrected chi connectivity index (χ4v) is 3.06. The van der Waals surface area contributed by atoms with Crippen LogP contribution in [0.25, 0.3) is 0 Å². The van der Waals surface area contributed by atoms with Gasteiger partial charge >= 0.3 is 0 Å². The monoisotopic (exact) mass is 446 g/mol. The maximum atomic E-state index is 12.6. The molecule has 1 aliphatic heterocycles. The highest BCUT2D eigenvalue weighted by molar-refractivity contribution is 6.02. The second kappa shape index (κ2) is 10.9. The normalized spacial score (nSPS) is 17.6. The number of carbonyl (C=O) groups excluding carboxylic acids is 3. The van der Waals surface area contributed by atoms with Crippen molar-refractivity contribution in [3.63, 3.8) is 0 Å². The van der Waals surface area contributed by atoms with Crippen molar-refractivity contribution < 1.29 is 19.1 Å². The van der Waals surface area contributed by atoms with Crippen LogP contribution in [-0.2, 0) is 32.1 Å². The number of likely N-dealkylation sites (N-methyl/N-ethyl adjacent to an activating group) is 1. The molecule has 0 saturated carbocycles. The molecule has 3 atom stereocenters. The molecule has 8 nitrogen and oxygen atoms in total. The van der Waals surface area contributed by atoms with Gasteiger partial charge in [0.25, 0.3) is 11.8 Å². The minimum atomic E-state index is -0.915. The molecule has 1 aliphatic rings. The number of hydrogen-bond acceptors (Lipinski definition) is 5. The van der Waals surface area contributed by atoms with Gasteiger partial charge in [0.2, 0.25) is 5.91 Å². The largest absolute Gasteiger partial charge is 0.349 e. The summed E-state index contributed by atoms with van der Waals surface area (Å²) in [5.74, 6) is -1.12. The van der Waals surface area contributed by atoms with Crippen molar-refractivity contribution in [1.82, 2.24) is 10.2 Å². The molecule has 1 saturated heterocycles. The molecule has 0 aromatic heterocycles. The molecular weight excluding hydrogens is 420 g/mol. The third kappa shape index (κ3) is 6.52. The number of hydrogen-bond donors (Lipinski definition) is 3. The van der Waals surface area contributed by atoms with Crippen LogP contribution in [0.4, 0.5) is 5.69 Å². The van der Waals surface area contributed by atoms with E-state index in [-0.39, 0.29) is 18.3 Å². The van der Waals surface area contributed by atoms with Crippen molar-refractivity contribution >= 4 is 35.8 Å². The fraction of sp³-hybridized carbons (Fsp3) is 0.318. The maximum Gasteiger partial charge on any atom is 0.256 e. The summed E-state index contributed by atoms with van der Waals surface area (Å²) in [6.45, 7) is 0.415. The SMILES string of the molecule is CN(C)C(=O)[C@H](Cc1ccccc1)NC(=O)[C@H]1O[C@@H]1C(=O)Nc1ccc(CN)cc1.Cl. The zero-order chi connectivity index (χ0) is 21.7. The van der Waals surface area contributed by atoms with Gasteiger partial charge in [-0.25, -0.2) is 0 Å². The minimum absolute atomic E-state index is 0. The number of nitrogens with two attached hydrogens (primary N) is 1. The number of anilines is 1. The zero-order valence-corrected chi connectivity index (χ0v) is 18.2. The number of rotatable bonds is 8. The molecule has 0 spiro atoms. The molecule has 31 heavy (non-hydrogen) atoms. The van der Waals surface area contributed by atoms with Crippen LogP contribution in [0.15, 0.2) is 54.6 Å². The molecule has 1 heterocycles. The van der Waals surface area contributed by atoms with Gasteiger partial charge in [-0.05, 0) is 23.3 Å². The zero-order valence-electron chi connectivity index (χ0n) is 17.4. The van der Waals surface area contributed by atoms with Crippen LogP contribution in [0, 0.1) is 0 Å². The summed E-state index contributed by atoms with van der Waals surface area (Å²) in [6, 6.07) is 15.8.